The molecule has 0 bridgehead atoms. The fourth-order valence-electron chi connectivity index (χ4n) is 2.66. The molecule has 1 aliphatic heterocycles. The van der Waals surface area contributed by atoms with Gasteiger partial charge in [-0.2, -0.15) is 0 Å². The van der Waals surface area contributed by atoms with E-state index in [4.69, 9.17) is 9.47 Å². The molecule has 20 heavy (non-hydrogen) atoms. The van der Waals surface area contributed by atoms with E-state index < -0.39 is 0 Å². The summed E-state index contributed by atoms with van der Waals surface area (Å²) in [6.07, 6.45) is 6.49. The molecule has 0 amide bonds. The highest BCUT2D eigenvalue weighted by molar-refractivity contribution is 5.75. The number of nitrogens with zero attached hydrogens (tertiary/aromatic N) is 1. The minimum atomic E-state index is -0.115. The van der Waals surface area contributed by atoms with E-state index in [0.29, 0.717) is 13.0 Å². The van der Waals surface area contributed by atoms with Gasteiger partial charge in [-0.15, -0.1) is 0 Å². The van der Waals surface area contributed by atoms with Gasteiger partial charge in [-0.1, -0.05) is 12.8 Å². The summed E-state index contributed by atoms with van der Waals surface area (Å²) in [6, 6.07) is -0.0705. The Balaban J connectivity index is 2.19. The first-order valence-electron chi connectivity index (χ1n) is 7.66. The number of rotatable bonds is 8. The van der Waals surface area contributed by atoms with Gasteiger partial charge in [-0.3, -0.25) is 14.5 Å². The molecule has 0 spiro atoms. The molecule has 0 aromatic carbocycles. The normalized spacial score (nSPS) is 19.6. The molecule has 1 rings (SSSR count). The number of piperidine rings is 1. The Morgan fingerprint density at radius 1 is 1.20 bits per heavy atom. The highest BCUT2D eigenvalue weighted by Crippen LogP contribution is 2.19. The Morgan fingerprint density at radius 2 is 2.00 bits per heavy atom. The molecule has 1 heterocycles. The van der Waals surface area contributed by atoms with E-state index in [2.05, 4.69) is 4.90 Å². The Bertz CT molecular complexity index is 306. The minimum Gasteiger partial charge on any atom is -0.468 e. The van der Waals surface area contributed by atoms with Crippen molar-refractivity contribution in [2.24, 2.45) is 0 Å². The maximum absolute atomic E-state index is 11.7. The molecule has 1 saturated heterocycles. The number of methoxy groups -OCH3 is 1. The summed E-state index contributed by atoms with van der Waals surface area (Å²) < 4.78 is 9.75. The summed E-state index contributed by atoms with van der Waals surface area (Å²) in [7, 11) is 1.45. The number of carbonyl (C=O) groups is 2. The summed E-state index contributed by atoms with van der Waals surface area (Å²) in [5.74, 6) is -0.228. The first-order chi connectivity index (χ1) is 9.69. The fourth-order valence-corrected chi connectivity index (χ4v) is 2.66. The SMILES string of the molecule is CCOC(=O)CCCCCN1CCCCC1C(=O)OC. The molecule has 116 valence electrons. The quantitative estimate of drug-likeness (QED) is 0.505. The van der Waals surface area contributed by atoms with Crippen LogP contribution in [0.1, 0.15) is 51.9 Å². The molecule has 1 fully saturated rings. The predicted octanol–water partition coefficient (Wildman–Crippen LogP) is 2.14. The second kappa shape index (κ2) is 9.75. The Kier molecular flexibility index (Phi) is 8.26. The third-order valence-electron chi connectivity index (χ3n) is 3.72. The summed E-state index contributed by atoms with van der Waals surface area (Å²) in [4.78, 5) is 25.1. The standard InChI is InChI=1S/C15H27NO4/c1-3-20-14(17)10-5-4-7-11-16-12-8-6-9-13(16)15(18)19-2/h13H,3-12H2,1-2H3. The number of ether oxygens (including phenoxy) is 2. The van der Waals surface area contributed by atoms with Crippen molar-refractivity contribution in [2.45, 2.75) is 57.9 Å². The minimum absolute atomic E-state index is 0.0705. The van der Waals surface area contributed by atoms with Gasteiger partial charge >= 0.3 is 11.9 Å². The van der Waals surface area contributed by atoms with Gasteiger partial charge in [-0.25, -0.2) is 0 Å². The van der Waals surface area contributed by atoms with Crippen LogP contribution in [0.4, 0.5) is 0 Å². The summed E-state index contributed by atoms with van der Waals surface area (Å²) >= 11 is 0. The number of likely N-dealkylation sites (tertiary alicyclic amines) is 1. The zero-order valence-corrected chi connectivity index (χ0v) is 12.7. The molecule has 0 N–H and O–H groups in total. The molecule has 0 saturated carbocycles. The van der Waals surface area contributed by atoms with E-state index in [1.807, 2.05) is 6.92 Å². The molecule has 1 aliphatic rings. The van der Waals surface area contributed by atoms with Crippen molar-refractivity contribution >= 4 is 11.9 Å². The molecule has 1 atom stereocenters. The van der Waals surface area contributed by atoms with Crippen molar-refractivity contribution in [2.75, 3.05) is 26.8 Å². The maximum atomic E-state index is 11.7. The zero-order valence-electron chi connectivity index (χ0n) is 12.7. The smallest absolute Gasteiger partial charge is 0.323 e. The molecule has 1 unspecified atom stereocenters. The van der Waals surface area contributed by atoms with Crippen molar-refractivity contribution in [3.05, 3.63) is 0 Å². The number of esters is 2. The summed E-state index contributed by atoms with van der Waals surface area (Å²) in [6.45, 7) is 4.15. The lowest BCUT2D eigenvalue weighted by Gasteiger charge is -2.33. The van der Waals surface area contributed by atoms with Crippen molar-refractivity contribution in [1.82, 2.24) is 4.90 Å². The Morgan fingerprint density at radius 3 is 2.70 bits per heavy atom. The molecular weight excluding hydrogens is 258 g/mol. The van der Waals surface area contributed by atoms with E-state index in [9.17, 15) is 9.59 Å². The van der Waals surface area contributed by atoms with Crippen molar-refractivity contribution in [3.8, 4) is 0 Å². The van der Waals surface area contributed by atoms with Crippen LogP contribution in [0.3, 0.4) is 0 Å². The van der Waals surface area contributed by atoms with E-state index in [1.165, 1.54) is 7.11 Å². The van der Waals surface area contributed by atoms with Crippen LogP contribution in [-0.2, 0) is 19.1 Å². The van der Waals surface area contributed by atoms with E-state index in [-0.39, 0.29) is 18.0 Å². The van der Waals surface area contributed by atoms with Crippen molar-refractivity contribution < 1.29 is 19.1 Å². The van der Waals surface area contributed by atoms with Gasteiger partial charge in [0.2, 0.25) is 0 Å². The first kappa shape index (κ1) is 17.0. The van der Waals surface area contributed by atoms with Gasteiger partial charge in [0.15, 0.2) is 0 Å². The second-order valence-corrected chi connectivity index (χ2v) is 5.19. The average molecular weight is 285 g/mol. The van der Waals surface area contributed by atoms with E-state index >= 15 is 0 Å². The van der Waals surface area contributed by atoms with Crippen LogP contribution in [0.15, 0.2) is 0 Å². The van der Waals surface area contributed by atoms with Crippen molar-refractivity contribution in [3.63, 3.8) is 0 Å². The Labute approximate surface area is 121 Å². The third-order valence-corrected chi connectivity index (χ3v) is 3.72. The van der Waals surface area contributed by atoms with Gasteiger partial charge in [0, 0.05) is 6.42 Å². The van der Waals surface area contributed by atoms with Crippen LogP contribution >= 0.6 is 0 Å². The van der Waals surface area contributed by atoms with Gasteiger partial charge < -0.3 is 9.47 Å². The summed E-state index contributed by atoms with van der Waals surface area (Å²) in [5, 5.41) is 0. The lowest BCUT2D eigenvalue weighted by molar-refractivity contribution is -0.148. The monoisotopic (exact) mass is 285 g/mol. The van der Waals surface area contributed by atoms with Crippen LogP contribution in [0, 0.1) is 0 Å². The molecular formula is C15H27NO4. The molecule has 5 nitrogen and oxygen atoms in total. The van der Waals surface area contributed by atoms with E-state index in [1.54, 1.807) is 0 Å². The summed E-state index contributed by atoms with van der Waals surface area (Å²) in [5.41, 5.74) is 0. The second-order valence-electron chi connectivity index (χ2n) is 5.19. The van der Waals surface area contributed by atoms with Crippen LogP contribution in [-0.4, -0.2) is 49.7 Å². The predicted molar refractivity (Wildman–Crippen MR) is 76.3 cm³/mol. The average Bonchev–Trinajstić information content (AvgIpc) is 2.47. The lowest BCUT2D eigenvalue weighted by Crippen LogP contribution is -2.45. The highest BCUT2D eigenvalue weighted by Gasteiger charge is 2.28. The molecule has 0 aromatic heterocycles. The lowest BCUT2D eigenvalue weighted by atomic mass is 10.0. The largest absolute Gasteiger partial charge is 0.468 e. The van der Waals surface area contributed by atoms with Gasteiger partial charge in [0.05, 0.1) is 13.7 Å². The van der Waals surface area contributed by atoms with Gasteiger partial charge in [0.1, 0.15) is 6.04 Å². The first-order valence-corrected chi connectivity index (χ1v) is 7.66. The number of carbonyl (C=O) groups excluding carboxylic acids is 2. The highest BCUT2D eigenvalue weighted by atomic mass is 16.5. The van der Waals surface area contributed by atoms with Crippen LogP contribution in [0.2, 0.25) is 0 Å². The molecule has 0 aliphatic carbocycles. The van der Waals surface area contributed by atoms with Gasteiger partial charge in [-0.05, 0) is 45.7 Å². The van der Waals surface area contributed by atoms with Crippen molar-refractivity contribution in [1.29, 1.82) is 0 Å². The third kappa shape index (κ3) is 5.90. The van der Waals surface area contributed by atoms with Crippen LogP contribution in [0.25, 0.3) is 0 Å². The number of hydrogen-bond acceptors (Lipinski definition) is 5. The van der Waals surface area contributed by atoms with E-state index in [0.717, 1.165) is 51.6 Å². The molecule has 0 radical (unpaired) electrons. The molecule has 0 aromatic rings. The molecule has 5 heteroatoms. The number of unbranched alkanes of at least 4 members (excludes halogenated alkanes) is 2. The topological polar surface area (TPSA) is 55.8 Å². The van der Waals surface area contributed by atoms with Crippen LogP contribution in [0.5, 0.6) is 0 Å². The maximum Gasteiger partial charge on any atom is 0.323 e. The zero-order chi connectivity index (χ0) is 14.8. The number of hydrogen-bond donors (Lipinski definition) is 0. The Hall–Kier alpha value is -1.10. The van der Waals surface area contributed by atoms with Crippen LogP contribution < -0.4 is 0 Å². The fraction of sp³-hybridized carbons (Fsp3) is 0.867. The van der Waals surface area contributed by atoms with Gasteiger partial charge in [0.25, 0.3) is 0 Å².